The van der Waals surface area contributed by atoms with Crippen molar-refractivity contribution in [2.75, 3.05) is 5.43 Å². The Morgan fingerprint density at radius 3 is 2.59 bits per heavy atom. The summed E-state index contributed by atoms with van der Waals surface area (Å²) in [5, 5.41) is -0.272. The number of rotatable bonds is 4. The van der Waals surface area contributed by atoms with Crippen molar-refractivity contribution in [3.8, 4) is 5.69 Å². The molecule has 10 heteroatoms. The molecule has 0 radical (unpaired) electrons. The van der Waals surface area contributed by atoms with Crippen molar-refractivity contribution >= 4 is 39.3 Å². The molecule has 3 aromatic rings. The summed E-state index contributed by atoms with van der Waals surface area (Å²) in [6.45, 7) is 0. The minimum absolute atomic E-state index is 0.1000. The summed E-state index contributed by atoms with van der Waals surface area (Å²) < 4.78 is 40.4. The van der Waals surface area contributed by atoms with Crippen molar-refractivity contribution in [2.45, 2.75) is 6.18 Å². The number of alkyl halides is 3. The van der Waals surface area contributed by atoms with Gasteiger partial charge in [0.2, 0.25) is 0 Å². The molecule has 1 aromatic carbocycles. The quantitative estimate of drug-likeness (QED) is 0.536. The van der Waals surface area contributed by atoms with Crippen LogP contribution in [-0.2, 0) is 6.18 Å². The zero-order valence-corrected chi connectivity index (χ0v) is 15.7. The van der Waals surface area contributed by atoms with Crippen molar-refractivity contribution in [1.82, 2.24) is 15.0 Å². The third-order valence-electron chi connectivity index (χ3n) is 3.56. The summed E-state index contributed by atoms with van der Waals surface area (Å²) in [6, 6.07) is 11.3. The van der Waals surface area contributed by atoms with Crippen LogP contribution in [0.2, 0.25) is 5.02 Å². The van der Waals surface area contributed by atoms with Gasteiger partial charge < -0.3 is 4.57 Å². The van der Waals surface area contributed by atoms with Crippen LogP contribution in [0.5, 0.6) is 0 Å². The normalized spacial score (nSPS) is 11.3. The molecule has 0 aliphatic rings. The Balaban J connectivity index is 1.77. The molecule has 0 spiro atoms. The molecule has 2 N–H and O–H groups in total. The van der Waals surface area contributed by atoms with Crippen LogP contribution in [0.1, 0.15) is 16.1 Å². The summed E-state index contributed by atoms with van der Waals surface area (Å²) in [5.74, 6) is -0.620. The van der Waals surface area contributed by atoms with E-state index in [-0.39, 0.29) is 10.8 Å². The molecule has 5 nitrogen and oxygen atoms in total. The average Bonchev–Trinajstić information content (AvgIpc) is 3.09. The highest BCUT2D eigenvalue weighted by Crippen LogP contribution is 2.32. The fraction of sp³-hybridized carbons (Fsp3) is 0.0588. The monoisotopic (exact) mass is 458 g/mol. The number of para-hydroxylation sites is 1. The van der Waals surface area contributed by atoms with Gasteiger partial charge in [-0.25, -0.2) is 4.98 Å². The number of nitrogens with one attached hydrogen (secondary N) is 2. The zero-order chi connectivity index (χ0) is 19.6. The molecule has 0 saturated carbocycles. The molecule has 0 unspecified atom stereocenters. The van der Waals surface area contributed by atoms with E-state index in [1.54, 1.807) is 22.9 Å². The van der Waals surface area contributed by atoms with Crippen LogP contribution < -0.4 is 10.9 Å². The Kier molecular flexibility index (Phi) is 5.43. The number of aromatic nitrogens is 2. The molecule has 0 bridgehead atoms. The van der Waals surface area contributed by atoms with Crippen LogP contribution in [0.3, 0.4) is 0 Å². The second kappa shape index (κ2) is 7.61. The fourth-order valence-electron chi connectivity index (χ4n) is 2.29. The lowest BCUT2D eigenvalue weighted by Crippen LogP contribution is -2.31. The third kappa shape index (κ3) is 4.25. The van der Waals surface area contributed by atoms with E-state index in [4.69, 9.17) is 11.6 Å². The van der Waals surface area contributed by atoms with E-state index in [9.17, 15) is 18.0 Å². The molecule has 140 valence electrons. The molecule has 3 rings (SSSR count). The van der Waals surface area contributed by atoms with Crippen LogP contribution in [0.4, 0.5) is 19.0 Å². The van der Waals surface area contributed by atoms with Gasteiger partial charge in [-0.15, -0.1) is 0 Å². The van der Waals surface area contributed by atoms with Gasteiger partial charge >= 0.3 is 6.18 Å². The molecule has 2 aromatic heterocycles. The summed E-state index contributed by atoms with van der Waals surface area (Å²) in [4.78, 5) is 16.1. The number of pyridine rings is 1. The highest BCUT2D eigenvalue weighted by molar-refractivity contribution is 9.10. The van der Waals surface area contributed by atoms with E-state index in [0.29, 0.717) is 11.9 Å². The molecule has 0 aliphatic carbocycles. The predicted molar refractivity (Wildman–Crippen MR) is 98.8 cm³/mol. The van der Waals surface area contributed by atoms with Crippen LogP contribution in [0, 0.1) is 0 Å². The van der Waals surface area contributed by atoms with Gasteiger partial charge in [-0.05, 0) is 46.3 Å². The lowest BCUT2D eigenvalue weighted by Gasteiger charge is -2.13. The van der Waals surface area contributed by atoms with E-state index >= 15 is 0 Å². The predicted octanol–water partition coefficient (Wildman–Crippen LogP) is 5.06. The molecule has 0 atom stereocenters. The fourth-order valence-corrected chi connectivity index (χ4v) is 2.98. The number of hydrogen-bond donors (Lipinski definition) is 2. The molecule has 0 fully saturated rings. The molecule has 0 saturated heterocycles. The van der Waals surface area contributed by atoms with E-state index in [1.165, 1.54) is 0 Å². The molecular weight excluding hydrogens is 449 g/mol. The molecule has 1 amide bonds. The number of nitrogens with zero attached hydrogens (tertiary/aromatic N) is 2. The van der Waals surface area contributed by atoms with Crippen LogP contribution in [-0.4, -0.2) is 15.5 Å². The smallest absolute Gasteiger partial charge is 0.311 e. The van der Waals surface area contributed by atoms with Gasteiger partial charge in [0.1, 0.15) is 5.69 Å². The Morgan fingerprint density at radius 2 is 1.93 bits per heavy atom. The topological polar surface area (TPSA) is 59.0 Å². The minimum Gasteiger partial charge on any atom is -0.311 e. The number of anilines is 1. The second-order valence-corrected chi connectivity index (χ2v) is 6.61. The van der Waals surface area contributed by atoms with Crippen LogP contribution >= 0.6 is 27.5 Å². The Labute approximate surface area is 165 Å². The van der Waals surface area contributed by atoms with Crippen molar-refractivity contribution in [3.05, 3.63) is 75.6 Å². The molecule has 27 heavy (non-hydrogen) atoms. The molecule has 2 heterocycles. The highest BCUT2D eigenvalue weighted by atomic mass is 79.9. The summed E-state index contributed by atoms with van der Waals surface area (Å²) in [7, 11) is 0. The SMILES string of the molecule is O=C(NNc1ncc(C(F)(F)F)cc1Cl)c1cccn1-c1ccccc1Br. The zero-order valence-electron chi connectivity index (χ0n) is 13.4. The van der Waals surface area contributed by atoms with Gasteiger partial charge in [0.05, 0.1) is 16.3 Å². The maximum Gasteiger partial charge on any atom is 0.417 e. The maximum atomic E-state index is 12.6. The standard InChI is InChI=1S/C17H11BrClF3N4O/c18-11-4-1-2-5-13(11)26-7-3-6-14(26)16(27)25-24-15-12(19)8-10(9-23-15)17(20,21)22/h1-9H,(H,23,24)(H,25,27). The third-order valence-corrected chi connectivity index (χ3v) is 4.52. The van der Waals surface area contributed by atoms with Crippen molar-refractivity contribution < 1.29 is 18.0 Å². The number of carbonyl (C=O) groups is 1. The Bertz CT molecular complexity index is 990. The lowest BCUT2D eigenvalue weighted by atomic mass is 10.3. The van der Waals surface area contributed by atoms with Gasteiger partial charge in [-0.1, -0.05) is 23.7 Å². The lowest BCUT2D eigenvalue weighted by molar-refractivity contribution is -0.137. The molecule has 0 aliphatic heterocycles. The first-order chi connectivity index (χ1) is 12.8. The number of hydrogen-bond acceptors (Lipinski definition) is 3. The first kappa shape index (κ1) is 19.2. The molecular formula is C17H11BrClF3N4O. The van der Waals surface area contributed by atoms with E-state index in [2.05, 4.69) is 31.8 Å². The van der Waals surface area contributed by atoms with Crippen LogP contribution in [0.15, 0.2) is 59.3 Å². The number of carbonyl (C=O) groups excluding carboxylic acids is 1. The number of amides is 1. The first-order valence-corrected chi connectivity index (χ1v) is 8.66. The van der Waals surface area contributed by atoms with Crippen molar-refractivity contribution in [1.29, 1.82) is 0 Å². The second-order valence-electron chi connectivity index (χ2n) is 5.35. The van der Waals surface area contributed by atoms with Gasteiger partial charge in [0.15, 0.2) is 5.82 Å². The highest BCUT2D eigenvalue weighted by Gasteiger charge is 2.31. The van der Waals surface area contributed by atoms with Crippen LogP contribution in [0.25, 0.3) is 5.69 Å². The van der Waals surface area contributed by atoms with Gasteiger partial charge in [-0.2, -0.15) is 13.2 Å². The van der Waals surface area contributed by atoms with Gasteiger partial charge in [-0.3, -0.25) is 15.6 Å². The Morgan fingerprint density at radius 1 is 1.19 bits per heavy atom. The summed E-state index contributed by atoms with van der Waals surface area (Å²) in [5.41, 5.74) is 4.89. The minimum atomic E-state index is -4.55. The number of halogens is 5. The first-order valence-electron chi connectivity index (χ1n) is 7.48. The number of hydrazine groups is 1. The summed E-state index contributed by atoms with van der Waals surface area (Å²) in [6.07, 6.45) is -2.22. The maximum absolute atomic E-state index is 12.6. The van der Waals surface area contributed by atoms with Crippen molar-refractivity contribution in [2.24, 2.45) is 0 Å². The Hall–Kier alpha value is -2.52. The van der Waals surface area contributed by atoms with E-state index < -0.39 is 17.6 Å². The van der Waals surface area contributed by atoms with Gasteiger partial charge in [0.25, 0.3) is 5.91 Å². The van der Waals surface area contributed by atoms with Crippen molar-refractivity contribution in [3.63, 3.8) is 0 Å². The average molecular weight is 460 g/mol. The summed E-state index contributed by atoms with van der Waals surface area (Å²) >= 11 is 9.23. The largest absolute Gasteiger partial charge is 0.417 e. The number of benzene rings is 1. The van der Waals surface area contributed by atoms with E-state index in [0.717, 1.165) is 16.2 Å². The van der Waals surface area contributed by atoms with E-state index in [1.807, 2.05) is 24.3 Å². The van der Waals surface area contributed by atoms with Gasteiger partial charge in [0, 0.05) is 16.9 Å².